The summed E-state index contributed by atoms with van der Waals surface area (Å²) in [5.41, 5.74) is 5.81. The lowest BCUT2D eigenvalue weighted by Gasteiger charge is -2.25. The molecule has 1 rings (SSSR count). The van der Waals surface area contributed by atoms with Gasteiger partial charge in [-0.25, -0.2) is 0 Å². The lowest BCUT2D eigenvalue weighted by Crippen LogP contribution is -2.44. The van der Waals surface area contributed by atoms with Crippen LogP contribution >= 0.6 is 0 Å². The molecule has 0 spiro atoms. The van der Waals surface area contributed by atoms with Gasteiger partial charge in [-0.2, -0.15) is 0 Å². The first-order valence-corrected chi connectivity index (χ1v) is 4.66. The summed E-state index contributed by atoms with van der Waals surface area (Å²) in [6.07, 6.45) is 0.538. The maximum absolute atomic E-state index is 11.7. The topological polar surface area (TPSA) is 55.6 Å². The second-order valence-corrected chi connectivity index (χ2v) is 3.60. The van der Waals surface area contributed by atoms with Crippen LogP contribution in [0.5, 0.6) is 0 Å². The van der Waals surface area contributed by atoms with E-state index < -0.39 is 0 Å². The molecule has 3 unspecified atom stereocenters. The molecule has 0 radical (unpaired) electrons. The van der Waals surface area contributed by atoms with Crippen LogP contribution in [0.15, 0.2) is 0 Å². The van der Waals surface area contributed by atoms with Crippen molar-refractivity contribution in [2.24, 2.45) is 5.73 Å². The molecule has 1 saturated heterocycles. The van der Waals surface area contributed by atoms with Crippen LogP contribution in [0, 0.1) is 0 Å². The van der Waals surface area contributed by atoms with E-state index >= 15 is 0 Å². The molecule has 4 heteroatoms. The summed E-state index contributed by atoms with van der Waals surface area (Å²) in [4.78, 5) is 13.5. The summed E-state index contributed by atoms with van der Waals surface area (Å²) in [5.74, 6) is 0.0444. The first-order chi connectivity index (χ1) is 6.07. The number of nitrogens with zero attached hydrogens (tertiary/aromatic N) is 1. The summed E-state index contributed by atoms with van der Waals surface area (Å²) in [7, 11) is 1.54. The third kappa shape index (κ3) is 2.00. The summed E-state index contributed by atoms with van der Waals surface area (Å²) in [5, 5.41) is 0. The maximum Gasteiger partial charge on any atom is 0.251 e. The van der Waals surface area contributed by atoms with Gasteiger partial charge in [0, 0.05) is 25.7 Å². The van der Waals surface area contributed by atoms with E-state index in [1.54, 1.807) is 18.9 Å². The highest BCUT2D eigenvalue weighted by atomic mass is 16.5. The quantitative estimate of drug-likeness (QED) is 0.659. The molecule has 1 heterocycles. The fourth-order valence-corrected chi connectivity index (χ4v) is 1.61. The molecule has 1 aliphatic rings. The smallest absolute Gasteiger partial charge is 0.251 e. The van der Waals surface area contributed by atoms with Crippen LogP contribution in [0.1, 0.15) is 20.3 Å². The highest BCUT2D eigenvalue weighted by Gasteiger charge is 2.33. The molecular formula is C9H18N2O2. The van der Waals surface area contributed by atoms with Crippen LogP contribution in [-0.2, 0) is 9.53 Å². The zero-order chi connectivity index (χ0) is 10.0. The van der Waals surface area contributed by atoms with Crippen LogP contribution in [0.3, 0.4) is 0 Å². The van der Waals surface area contributed by atoms with Gasteiger partial charge in [-0.05, 0) is 20.3 Å². The van der Waals surface area contributed by atoms with Crippen LogP contribution in [0.25, 0.3) is 0 Å². The molecule has 0 aliphatic carbocycles. The highest BCUT2D eigenvalue weighted by molar-refractivity contribution is 5.81. The molecule has 0 saturated carbocycles. The van der Waals surface area contributed by atoms with Crippen LogP contribution in [0.4, 0.5) is 0 Å². The largest absolute Gasteiger partial charge is 0.372 e. The lowest BCUT2D eigenvalue weighted by molar-refractivity contribution is -0.141. The molecule has 0 aromatic carbocycles. The number of carbonyl (C=O) groups excluding carboxylic acids is 1. The minimum atomic E-state index is -0.354. The first-order valence-electron chi connectivity index (χ1n) is 4.66. The molecule has 76 valence electrons. The third-order valence-electron chi connectivity index (χ3n) is 2.80. The minimum Gasteiger partial charge on any atom is -0.372 e. The average Bonchev–Trinajstić information content (AvgIpc) is 2.45. The molecule has 1 amide bonds. The molecule has 1 aliphatic heterocycles. The average molecular weight is 186 g/mol. The molecule has 1 fully saturated rings. The molecular weight excluding hydrogens is 168 g/mol. The number of likely N-dealkylation sites (tertiary alicyclic amines) is 1. The number of rotatable bonds is 2. The fraction of sp³-hybridized carbons (Fsp3) is 0.889. The van der Waals surface area contributed by atoms with Gasteiger partial charge in [0.05, 0.1) is 0 Å². The summed E-state index contributed by atoms with van der Waals surface area (Å²) in [6.45, 7) is 4.51. The van der Waals surface area contributed by atoms with Gasteiger partial charge < -0.3 is 15.4 Å². The van der Waals surface area contributed by atoms with Gasteiger partial charge in [-0.1, -0.05) is 0 Å². The Labute approximate surface area is 79.0 Å². The van der Waals surface area contributed by atoms with E-state index in [9.17, 15) is 4.79 Å². The van der Waals surface area contributed by atoms with Crippen LogP contribution in [-0.4, -0.2) is 42.6 Å². The summed E-state index contributed by atoms with van der Waals surface area (Å²) in [6, 6.07) is 0.262. The molecule has 0 aromatic heterocycles. The Morgan fingerprint density at radius 3 is 2.69 bits per heavy atom. The number of hydrogen-bond donors (Lipinski definition) is 1. The van der Waals surface area contributed by atoms with Crippen LogP contribution < -0.4 is 5.73 Å². The van der Waals surface area contributed by atoms with Crippen molar-refractivity contribution in [2.45, 2.75) is 38.5 Å². The number of amides is 1. The Balaban J connectivity index is 2.58. The third-order valence-corrected chi connectivity index (χ3v) is 2.80. The van der Waals surface area contributed by atoms with Crippen molar-refractivity contribution in [1.29, 1.82) is 0 Å². The molecule has 2 N–H and O–H groups in total. The van der Waals surface area contributed by atoms with Gasteiger partial charge >= 0.3 is 0 Å². The SMILES string of the molecule is COC(C)C(=O)N1CCC(N)C1C. The van der Waals surface area contributed by atoms with E-state index in [0.29, 0.717) is 0 Å². The van der Waals surface area contributed by atoms with Crippen molar-refractivity contribution in [2.75, 3.05) is 13.7 Å². The normalized spacial score (nSPS) is 30.6. The number of methoxy groups -OCH3 is 1. The van der Waals surface area contributed by atoms with Crippen molar-refractivity contribution >= 4 is 5.91 Å². The summed E-state index contributed by atoms with van der Waals surface area (Å²) < 4.78 is 4.98. The molecule has 4 nitrogen and oxygen atoms in total. The Kier molecular flexibility index (Phi) is 3.27. The predicted octanol–water partition coefficient (Wildman–Crippen LogP) is -0.0306. The van der Waals surface area contributed by atoms with Gasteiger partial charge in [0.15, 0.2) is 0 Å². The number of carbonyl (C=O) groups is 1. The summed E-state index contributed by atoms with van der Waals surface area (Å²) >= 11 is 0. The number of ether oxygens (including phenoxy) is 1. The van der Waals surface area contributed by atoms with Gasteiger partial charge in [-0.15, -0.1) is 0 Å². The van der Waals surface area contributed by atoms with E-state index in [0.717, 1.165) is 13.0 Å². The maximum atomic E-state index is 11.7. The fourth-order valence-electron chi connectivity index (χ4n) is 1.61. The van der Waals surface area contributed by atoms with E-state index in [4.69, 9.17) is 10.5 Å². The minimum absolute atomic E-state index is 0.0444. The van der Waals surface area contributed by atoms with E-state index in [1.165, 1.54) is 0 Å². The van der Waals surface area contributed by atoms with E-state index in [-0.39, 0.29) is 24.1 Å². The molecule has 3 atom stereocenters. The van der Waals surface area contributed by atoms with E-state index in [1.807, 2.05) is 6.92 Å². The zero-order valence-corrected chi connectivity index (χ0v) is 8.49. The van der Waals surface area contributed by atoms with Crippen molar-refractivity contribution in [1.82, 2.24) is 4.90 Å². The van der Waals surface area contributed by atoms with Gasteiger partial charge in [0.25, 0.3) is 5.91 Å². The van der Waals surface area contributed by atoms with Gasteiger partial charge in [0.1, 0.15) is 6.10 Å². The second kappa shape index (κ2) is 4.07. The molecule has 0 bridgehead atoms. The van der Waals surface area contributed by atoms with E-state index in [2.05, 4.69) is 0 Å². The van der Waals surface area contributed by atoms with Crippen molar-refractivity contribution in [3.63, 3.8) is 0 Å². The second-order valence-electron chi connectivity index (χ2n) is 3.60. The van der Waals surface area contributed by atoms with Crippen LogP contribution in [0.2, 0.25) is 0 Å². The Morgan fingerprint density at radius 2 is 2.31 bits per heavy atom. The van der Waals surface area contributed by atoms with Gasteiger partial charge in [-0.3, -0.25) is 4.79 Å². The monoisotopic (exact) mass is 186 g/mol. The number of hydrogen-bond acceptors (Lipinski definition) is 3. The standard InChI is InChI=1S/C9H18N2O2/c1-6-8(10)4-5-11(6)9(12)7(2)13-3/h6-8H,4-5,10H2,1-3H3. The highest BCUT2D eigenvalue weighted by Crippen LogP contribution is 2.17. The predicted molar refractivity (Wildman–Crippen MR) is 50.2 cm³/mol. The Morgan fingerprint density at radius 1 is 1.69 bits per heavy atom. The van der Waals surface area contributed by atoms with Gasteiger partial charge in [0.2, 0.25) is 0 Å². The Bertz CT molecular complexity index is 196. The Hall–Kier alpha value is -0.610. The van der Waals surface area contributed by atoms with Crippen molar-refractivity contribution < 1.29 is 9.53 Å². The van der Waals surface area contributed by atoms with Crippen molar-refractivity contribution in [3.05, 3.63) is 0 Å². The molecule has 0 aromatic rings. The number of nitrogens with two attached hydrogens (primary N) is 1. The van der Waals surface area contributed by atoms with Crippen molar-refractivity contribution in [3.8, 4) is 0 Å². The molecule has 13 heavy (non-hydrogen) atoms. The first kappa shape index (κ1) is 10.5. The zero-order valence-electron chi connectivity index (χ0n) is 8.49. The lowest BCUT2D eigenvalue weighted by atomic mass is 10.1.